The van der Waals surface area contributed by atoms with E-state index in [9.17, 15) is 18.4 Å². The SMILES string of the molecule is Cn1c(=NC(=O)c2cccc(C(=O)N=c3sc4cc(F)ccc4n3C)n2)sc2cc(F)ccc21. The zero-order valence-electron chi connectivity index (χ0n) is 17.8. The highest BCUT2D eigenvalue weighted by Crippen LogP contribution is 2.19. The van der Waals surface area contributed by atoms with Gasteiger partial charge < -0.3 is 9.13 Å². The Bertz CT molecular complexity index is 1640. The minimum atomic E-state index is -0.639. The van der Waals surface area contributed by atoms with Crippen LogP contribution in [0.15, 0.2) is 64.6 Å². The van der Waals surface area contributed by atoms with E-state index in [1.807, 2.05) is 0 Å². The van der Waals surface area contributed by atoms with Gasteiger partial charge in [-0.1, -0.05) is 28.7 Å². The minimum Gasteiger partial charge on any atom is -0.319 e. The molecule has 3 aromatic heterocycles. The van der Waals surface area contributed by atoms with Crippen molar-refractivity contribution in [2.24, 2.45) is 24.1 Å². The van der Waals surface area contributed by atoms with Crippen molar-refractivity contribution < 1.29 is 18.4 Å². The number of benzene rings is 2. The molecule has 0 bridgehead atoms. The average molecular weight is 496 g/mol. The molecule has 0 aliphatic rings. The van der Waals surface area contributed by atoms with E-state index >= 15 is 0 Å². The Labute approximate surface area is 198 Å². The molecular formula is C23H15F2N5O2S2. The minimum absolute atomic E-state index is 0.0209. The fourth-order valence-corrected chi connectivity index (χ4v) is 5.47. The number of nitrogens with zero attached hydrogens (tertiary/aromatic N) is 5. The predicted octanol–water partition coefficient (Wildman–Crippen LogP) is 3.95. The van der Waals surface area contributed by atoms with Gasteiger partial charge in [0.15, 0.2) is 9.60 Å². The number of carbonyl (C=O) groups is 2. The highest BCUT2D eigenvalue weighted by Gasteiger charge is 2.14. The van der Waals surface area contributed by atoms with Crippen LogP contribution in [0, 0.1) is 11.6 Å². The molecule has 0 radical (unpaired) electrons. The molecule has 0 saturated heterocycles. The van der Waals surface area contributed by atoms with Crippen LogP contribution < -0.4 is 9.60 Å². The molecule has 3 heterocycles. The Morgan fingerprint density at radius 3 is 1.65 bits per heavy atom. The smallest absolute Gasteiger partial charge is 0.298 e. The lowest BCUT2D eigenvalue weighted by Gasteiger charge is -1.99. The van der Waals surface area contributed by atoms with Crippen molar-refractivity contribution in [2.45, 2.75) is 0 Å². The Morgan fingerprint density at radius 2 is 1.21 bits per heavy atom. The zero-order valence-corrected chi connectivity index (χ0v) is 19.5. The van der Waals surface area contributed by atoms with Crippen LogP contribution in [0.3, 0.4) is 0 Å². The van der Waals surface area contributed by atoms with Gasteiger partial charge in [-0.3, -0.25) is 9.59 Å². The first kappa shape index (κ1) is 22.0. The van der Waals surface area contributed by atoms with Crippen LogP contribution in [0.25, 0.3) is 20.4 Å². The second-order valence-electron chi connectivity index (χ2n) is 7.35. The van der Waals surface area contributed by atoms with Gasteiger partial charge in [-0.15, -0.1) is 0 Å². The van der Waals surface area contributed by atoms with Gasteiger partial charge in [0, 0.05) is 14.1 Å². The number of halogens is 2. The quantitative estimate of drug-likeness (QED) is 0.372. The van der Waals surface area contributed by atoms with Gasteiger partial charge in [-0.05, 0) is 48.5 Å². The van der Waals surface area contributed by atoms with Crippen molar-refractivity contribution in [3.8, 4) is 0 Å². The van der Waals surface area contributed by atoms with Crippen LogP contribution in [-0.4, -0.2) is 25.9 Å². The summed E-state index contributed by atoms with van der Waals surface area (Å²) in [6.45, 7) is 0. The first-order valence-corrected chi connectivity index (χ1v) is 11.6. The number of hydrogen-bond donors (Lipinski definition) is 0. The van der Waals surface area contributed by atoms with Crippen molar-refractivity contribution in [2.75, 3.05) is 0 Å². The van der Waals surface area contributed by atoms with Gasteiger partial charge in [0.2, 0.25) is 0 Å². The predicted molar refractivity (Wildman–Crippen MR) is 126 cm³/mol. The molecule has 11 heteroatoms. The number of fused-ring (bicyclic) bond motifs is 2. The average Bonchev–Trinajstić information content (AvgIpc) is 3.28. The fraction of sp³-hybridized carbons (Fsp3) is 0.0870. The summed E-state index contributed by atoms with van der Waals surface area (Å²) in [5.74, 6) is -2.03. The second-order valence-corrected chi connectivity index (χ2v) is 9.37. The van der Waals surface area contributed by atoms with Crippen molar-refractivity contribution in [1.29, 1.82) is 0 Å². The van der Waals surface area contributed by atoms with Crippen molar-refractivity contribution in [3.05, 3.63) is 87.2 Å². The van der Waals surface area contributed by atoms with Crippen LogP contribution in [0.5, 0.6) is 0 Å². The van der Waals surface area contributed by atoms with Crippen molar-refractivity contribution in [1.82, 2.24) is 14.1 Å². The summed E-state index contributed by atoms with van der Waals surface area (Å²) in [7, 11) is 3.46. The van der Waals surface area contributed by atoms with E-state index in [2.05, 4.69) is 15.0 Å². The van der Waals surface area contributed by atoms with Gasteiger partial charge in [-0.2, -0.15) is 9.98 Å². The maximum atomic E-state index is 13.5. The summed E-state index contributed by atoms with van der Waals surface area (Å²) in [4.78, 5) is 38.6. The molecule has 0 unspecified atom stereocenters. The van der Waals surface area contributed by atoms with E-state index in [1.165, 1.54) is 65.1 Å². The van der Waals surface area contributed by atoms with Crippen molar-refractivity contribution >= 4 is 54.9 Å². The summed E-state index contributed by atoms with van der Waals surface area (Å²) < 4.78 is 31.7. The largest absolute Gasteiger partial charge is 0.319 e. The molecule has 0 fully saturated rings. The van der Waals surface area contributed by atoms with E-state index in [0.29, 0.717) is 19.0 Å². The summed E-state index contributed by atoms with van der Waals surface area (Å²) in [6, 6.07) is 13.1. The van der Waals surface area contributed by atoms with Crippen LogP contribution in [0.2, 0.25) is 0 Å². The lowest BCUT2D eigenvalue weighted by atomic mass is 10.3. The zero-order chi connectivity index (χ0) is 24.0. The maximum Gasteiger partial charge on any atom is 0.298 e. The van der Waals surface area contributed by atoms with Crippen LogP contribution in [0.1, 0.15) is 21.0 Å². The second kappa shape index (κ2) is 8.50. The Kier molecular flexibility index (Phi) is 5.50. The number of hydrogen-bond acceptors (Lipinski definition) is 5. The fourth-order valence-electron chi connectivity index (χ4n) is 3.39. The molecule has 34 heavy (non-hydrogen) atoms. The molecule has 7 nitrogen and oxygen atoms in total. The summed E-state index contributed by atoms with van der Waals surface area (Å²) in [5.41, 5.74) is 1.44. The lowest BCUT2D eigenvalue weighted by Crippen LogP contribution is -2.16. The molecule has 5 rings (SSSR count). The van der Waals surface area contributed by atoms with E-state index in [-0.39, 0.29) is 23.0 Å². The van der Waals surface area contributed by atoms with Crippen LogP contribution in [-0.2, 0) is 14.1 Å². The Balaban J connectivity index is 1.49. The third kappa shape index (κ3) is 3.99. The molecule has 0 aliphatic carbocycles. The highest BCUT2D eigenvalue weighted by molar-refractivity contribution is 7.16. The Morgan fingerprint density at radius 1 is 0.765 bits per heavy atom. The molecule has 2 amide bonds. The summed E-state index contributed by atoms with van der Waals surface area (Å²) in [5, 5.41) is 0. The standard InChI is InChI=1S/C23H15F2N5O2S2/c1-29-16-8-6-12(24)10-18(16)33-22(29)27-20(31)14-4-3-5-15(26-14)21(32)28-23-30(2)17-9-7-13(25)11-19(17)34-23/h3-11H,1-2H3. The van der Waals surface area contributed by atoms with Crippen LogP contribution in [0.4, 0.5) is 8.78 Å². The van der Waals surface area contributed by atoms with Crippen molar-refractivity contribution in [3.63, 3.8) is 0 Å². The highest BCUT2D eigenvalue weighted by atomic mass is 32.1. The first-order valence-electron chi connectivity index (χ1n) is 9.95. The van der Waals surface area contributed by atoms with E-state index in [4.69, 9.17) is 0 Å². The number of aromatic nitrogens is 3. The van der Waals surface area contributed by atoms with Gasteiger partial charge in [0.05, 0.1) is 20.4 Å². The molecule has 2 aromatic carbocycles. The molecule has 0 atom stereocenters. The first-order chi connectivity index (χ1) is 16.3. The third-order valence-corrected chi connectivity index (χ3v) is 7.31. The van der Waals surface area contributed by atoms with Crippen LogP contribution >= 0.6 is 22.7 Å². The van der Waals surface area contributed by atoms with Gasteiger partial charge in [0.25, 0.3) is 11.8 Å². The molecule has 170 valence electrons. The summed E-state index contributed by atoms with van der Waals surface area (Å²) >= 11 is 2.34. The maximum absolute atomic E-state index is 13.5. The normalized spacial score (nSPS) is 12.7. The molecule has 0 aliphatic heterocycles. The van der Waals surface area contributed by atoms with E-state index in [0.717, 1.165) is 11.0 Å². The molecule has 5 aromatic rings. The van der Waals surface area contributed by atoms with Gasteiger partial charge >= 0.3 is 0 Å². The molecule has 0 N–H and O–H groups in total. The monoisotopic (exact) mass is 495 g/mol. The number of amides is 2. The number of thiazole rings is 2. The molecule has 0 spiro atoms. The third-order valence-electron chi connectivity index (χ3n) is 5.12. The molecular weight excluding hydrogens is 480 g/mol. The number of rotatable bonds is 2. The van der Waals surface area contributed by atoms with E-state index in [1.54, 1.807) is 35.4 Å². The Hall–Kier alpha value is -3.83. The van der Waals surface area contributed by atoms with Gasteiger partial charge in [0.1, 0.15) is 23.0 Å². The topological polar surface area (TPSA) is 81.6 Å². The van der Waals surface area contributed by atoms with Gasteiger partial charge in [-0.25, -0.2) is 13.8 Å². The number of carbonyl (C=O) groups excluding carboxylic acids is 2. The summed E-state index contributed by atoms with van der Waals surface area (Å²) in [6.07, 6.45) is 0. The lowest BCUT2D eigenvalue weighted by molar-refractivity contribution is 0.0989. The number of aryl methyl sites for hydroxylation is 2. The molecule has 0 saturated carbocycles. The van der Waals surface area contributed by atoms with E-state index < -0.39 is 11.8 Å². The number of pyridine rings is 1.